The van der Waals surface area contributed by atoms with Crippen LogP contribution < -0.4 is 0 Å². The van der Waals surface area contributed by atoms with Crippen molar-refractivity contribution in [3.63, 3.8) is 0 Å². The first-order chi connectivity index (χ1) is 4.86. The first kappa shape index (κ1) is 6.38. The monoisotopic (exact) mass is 138 g/mol. The van der Waals surface area contributed by atoms with E-state index in [1.54, 1.807) is 0 Å². The number of ketones is 1. The van der Waals surface area contributed by atoms with E-state index < -0.39 is 0 Å². The second-order valence-corrected chi connectivity index (χ2v) is 3.74. The van der Waals surface area contributed by atoms with Gasteiger partial charge in [0.05, 0.1) is 0 Å². The first-order valence-electron chi connectivity index (χ1n) is 4.39. The third-order valence-corrected chi connectivity index (χ3v) is 2.75. The summed E-state index contributed by atoms with van der Waals surface area (Å²) in [5, 5.41) is 0. The van der Waals surface area contributed by atoms with Crippen LogP contribution >= 0.6 is 0 Å². The van der Waals surface area contributed by atoms with Crippen LogP contribution in [-0.2, 0) is 4.79 Å². The van der Waals surface area contributed by atoms with Gasteiger partial charge in [-0.2, -0.15) is 0 Å². The van der Waals surface area contributed by atoms with E-state index in [2.05, 4.69) is 0 Å². The molecule has 0 aliphatic heterocycles. The summed E-state index contributed by atoms with van der Waals surface area (Å²) < 4.78 is 0. The molecule has 2 saturated carbocycles. The second kappa shape index (κ2) is 2.37. The van der Waals surface area contributed by atoms with E-state index in [9.17, 15) is 4.79 Å². The number of carbonyl (C=O) groups excluding carboxylic acids is 1. The van der Waals surface area contributed by atoms with Crippen LogP contribution in [0.5, 0.6) is 0 Å². The number of carbonyl (C=O) groups is 1. The molecule has 2 fully saturated rings. The number of Topliss-reactive ketones (excluding diaryl/α,β-unsaturated/α-hetero) is 1. The van der Waals surface area contributed by atoms with Gasteiger partial charge in [0.15, 0.2) is 0 Å². The van der Waals surface area contributed by atoms with Gasteiger partial charge < -0.3 is 0 Å². The zero-order chi connectivity index (χ0) is 6.97. The molecule has 0 amide bonds. The standard InChI is InChI=1S/C9H14O/c10-9(8-4-5-8)6-7-2-1-3-7/h7-8H,1-6H2. The maximum atomic E-state index is 11.2. The molecular weight excluding hydrogens is 124 g/mol. The molecule has 2 rings (SSSR count). The predicted octanol–water partition coefficient (Wildman–Crippen LogP) is 2.16. The van der Waals surface area contributed by atoms with E-state index in [1.165, 1.54) is 32.1 Å². The van der Waals surface area contributed by atoms with Gasteiger partial charge in [-0.15, -0.1) is 0 Å². The van der Waals surface area contributed by atoms with Crippen LogP contribution in [0.3, 0.4) is 0 Å². The average Bonchev–Trinajstić information content (AvgIpc) is 2.58. The molecule has 10 heavy (non-hydrogen) atoms. The van der Waals surface area contributed by atoms with Gasteiger partial charge in [-0.1, -0.05) is 19.3 Å². The quantitative estimate of drug-likeness (QED) is 0.584. The SMILES string of the molecule is O=C(CC1CCC1)C1CC1. The molecular formula is C9H14O. The van der Waals surface area contributed by atoms with Gasteiger partial charge >= 0.3 is 0 Å². The lowest BCUT2D eigenvalue weighted by atomic mass is 9.81. The predicted molar refractivity (Wildman–Crippen MR) is 39.7 cm³/mol. The molecule has 56 valence electrons. The van der Waals surface area contributed by atoms with Crippen molar-refractivity contribution in [2.24, 2.45) is 11.8 Å². The van der Waals surface area contributed by atoms with Crippen molar-refractivity contribution in [2.75, 3.05) is 0 Å². The molecule has 0 atom stereocenters. The van der Waals surface area contributed by atoms with Crippen molar-refractivity contribution in [1.82, 2.24) is 0 Å². The van der Waals surface area contributed by atoms with Gasteiger partial charge in [-0.3, -0.25) is 4.79 Å². The highest BCUT2D eigenvalue weighted by atomic mass is 16.1. The lowest BCUT2D eigenvalue weighted by molar-refractivity contribution is -0.121. The molecule has 0 unspecified atom stereocenters. The summed E-state index contributed by atoms with van der Waals surface area (Å²) >= 11 is 0. The molecule has 0 aromatic rings. The minimum absolute atomic E-state index is 0.501. The van der Waals surface area contributed by atoms with Crippen molar-refractivity contribution in [1.29, 1.82) is 0 Å². The molecule has 0 spiro atoms. The van der Waals surface area contributed by atoms with Gasteiger partial charge in [-0.05, 0) is 18.8 Å². The topological polar surface area (TPSA) is 17.1 Å². The molecule has 2 aliphatic carbocycles. The average molecular weight is 138 g/mol. The summed E-state index contributed by atoms with van der Waals surface area (Å²) in [6, 6.07) is 0. The Bertz CT molecular complexity index is 143. The Morgan fingerprint density at radius 3 is 2.30 bits per heavy atom. The maximum absolute atomic E-state index is 11.2. The van der Waals surface area contributed by atoms with Crippen molar-refractivity contribution in [3.8, 4) is 0 Å². The Labute approximate surface area is 61.8 Å². The number of rotatable bonds is 3. The van der Waals surface area contributed by atoms with Crippen LogP contribution in [0.15, 0.2) is 0 Å². The van der Waals surface area contributed by atoms with Crippen LogP contribution in [0.1, 0.15) is 38.5 Å². The molecule has 0 aromatic heterocycles. The van der Waals surface area contributed by atoms with Crippen LogP contribution in [-0.4, -0.2) is 5.78 Å². The van der Waals surface area contributed by atoms with Crippen molar-refractivity contribution in [3.05, 3.63) is 0 Å². The third-order valence-electron chi connectivity index (χ3n) is 2.75. The summed E-state index contributed by atoms with van der Waals surface area (Å²) in [6.45, 7) is 0. The fourth-order valence-corrected chi connectivity index (χ4v) is 1.55. The van der Waals surface area contributed by atoms with Crippen LogP contribution in [0.2, 0.25) is 0 Å². The highest BCUT2D eigenvalue weighted by Crippen LogP contribution is 2.36. The zero-order valence-electron chi connectivity index (χ0n) is 6.31. The Morgan fingerprint density at radius 2 is 1.90 bits per heavy atom. The summed E-state index contributed by atoms with van der Waals surface area (Å²) in [5.41, 5.74) is 0. The lowest BCUT2D eigenvalue weighted by Gasteiger charge is -2.24. The zero-order valence-corrected chi connectivity index (χ0v) is 6.31. The third kappa shape index (κ3) is 1.23. The minimum Gasteiger partial charge on any atom is -0.299 e. The second-order valence-electron chi connectivity index (χ2n) is 3.74. The summed E-state index contributed by atoms with van der Waals surface area (Å²) in [6.07, 6.45) is 7.28. The molecule has 0 bridgehead atoms. The van der Waals surface area contributed by atoms with Crippen LogP contribution in [0, 0.1) is 11.8 Å². The highest BCUT2D eigenvalue weighted by molar-refractivity contribution is 5.83. The lowest BCUT2D eigenvalue weighted by Crippen LogP contribution is -2.16. The molecule has 2 aliphatic rings. The Balaban J connectivity index is 1.72. The smallest absolute Gasteiger partial charge is 0.136 e. The molecule has 1 nitrogen and oxygen atoms in total. The molecule has 0 radical (unpaired) electrons. The Hall–Kier alpha value is -0.330. The molecule has 0 N–H and O–H groups in total. The Morgan fingerprint density at radius 1 is 1.20 bits per heavy atom. The van der Waals surface area contributed by atoms with Crippen LogP contribution in [0.4, 0.5) is 0 Å². The Kier molecular flexibility index (Phi) is 1.51. The van der Waals surface area contributed by atoms with Gasteiger partial charge in [0, 0.05) is 12.3 Å². The van der Waals surface area contributed by atoms with Crippen LogP contribution in [0.25, 0.3) is 0 Å². The van der Waals surface area contributed by atoms with Crippen molar-refractivity contribution < 1.29 is 4.79 Å². The largest absolute Gasteiger partial charge is 0.299 e. The fraction of sp³-hybridized carbons (Fsp3) is 0.889. The van der Waals surface area contributed by atoms with Gasteiger partial charge in [0.25, 0.3) is 0 Å². The van der Waals surface area contributed by atoms with Crippen molar-refractivity contribution >= 4 is 5.78 Å². The number of hydrogen-bond donors (Lipinski definition) is 0. The van der Waals surface area contributed by atoms with Gasteiger partial charge in [0.2, 0.25) is 0 Å². The van der Waals surface area contributed by atoms with E-state index in [4.69, 9.17) is 0 Å². The van der Waals surface area contributed by atoms with Crippen molar-refractivity contribution in [2.45, 2.75) is 38.5 Å². The summed E-state index contributed by atoms with van der Waals surface area (Å²) in [5.74, 6) is 1.85. The van der Waals surface area contributed by atoms with Gasteiger partial charge in [-0.25, -0.2) is 0 Å². The molecule has 1 heteroatoms. The van der Waals surface area contributed by atoms with E-state index in [-0.39, 0.29) is 0 Å². The van der Waals surface area contributed by atoms with E-state index in [0.717, 1.165) is 12.3 Å². The maximum Gasteiger partial charge on any atom is 0.136 e. The van der Waals surface area contributed by atoms with E-state index in [1.807, 2.05) is 0 Å². The van der Waals surface area contributed by atoms with E-state index >= 15 is 0 Å². The normalized spacial score (nSPS) is 26.0. The minimum atomic E-state index is 0.501. The van der Waals surface area contributed by atoms with Gasteiger partial charge in [0.1, 0.15) is 5.78 Å². The summed E-state index contributed by atoms with van der Waals surface area (Å²) in [4.78, 5) is 11.2. The molecule has 0 aromatic carbocycles. The first-order valence-corrected chi connectivity index (χ1v) is 4.39. The molecule has 0 saturated heterocycles. The number of hydrogen-bond acceptors (Lipinski definition) is 1. The highest BCUT2D eigenvalue weighted by Gasteiger charge is 2.32. The molecule has 0 heterocycles. The fourth-order valence-electron chi connectivity index (χ4n) is 1.55. The van der Waals surface area contributed by atoms with E-state index in [0.29, 0.717) is 11.7 Å². The summed E-state index contributed by atoms with van der Waals surface area (Å²) in [7, 11) is 0.